The largest absolute Gasteiger partial charge is 0.379 e. The highest BCUT2D eigenvalue weighted by Gasteiger charge is 2.31. The molecule has 0 radical (unpaired) electrons. The molecule has 1 unspecified atom stereocenters. The van der Waals surface area contributed by atoms with Gasteiger partial charge in [-0.2, -0.15) is 0 Å². The van der Waals surface area contributed by atoms with Crippen LogP contribution in [0.4, 0.5) is 5.82 Å². The molecule has 19 heavy (non-hydrogen) atoms. The van der Waals surface area contributed by atoms with E-state index in [2.05, 4.69) is 27.5 Å². The molecule has 0 aromatic carbocycles. The Labute approximate surface area is 113 Å². The van der Waals surface area contributed by atoms with Crippen LogP contribution in [0.3, 0.4) is 0 Å². The smallest absolute Gasteiger partial charge is 0.271 e. The molecular formula is C13H20N4O2. The van der Waals surface area contributed by atoms with Gasteiger partial charge in [-0.05, 0) is 19.8 Å². The Bertz CT molecular complexity index is 427. The second-order valence-electron chi connectivity index (χ2n) is 5.03. The Morgan fingerprint density at radius 2 is 2.32 bits per heavy atom. The summed E-state index contributed by atoms with van der Waals surface area (Å²) in [5, 5.41) is 6.06. The van der Waals surface area contributed by atoms with Crippen molar-refractivity contribution in [3.63, 3.8) is 0 Å². The molecule has 0 bridgehead atoms. The van der Waals surface area contributed by atoms with Crippen molar-refractivity contribution >= 4 is 11.7 Å². The molecule has 0 spiro atoms. The van der Waals surface area contributed by atoms with Gasteiger partial charge in [0.2, 0.25) is 0 Å². The molecule has 1 aliphatic heterocycles. The van der Waals surface area contributed by atoms with E-state index in [0.29, 0.717) is 24.7 Å². The first-order chi connectivity index (χ1) is 9.13. The zero-order valence-electron chi connectivity index (χ0n) is 11.4. The molecule has 1 aromatic heterocycles. The standard InChI is InChI=1S/C13H20N4O2/c1-3-5-14-11-8-15-10(7-16-11)12(18)17-13(2)4-6-19-9-13/h7-8H,3-6,9H2,1-2H3,(H,14,16)(H,17,18). The lowest BCUT2D eigenvalue weighted by Gasteiger charge is -2.23. The van der Waals surface area contributed by atoms with E-state index in [4.69, 9.17) is 4.74 Å². The molecule has 2 N–H and O–H groups in total. The molecule has 2 rings (SSSR count). The Morgan fingerprint density at radius 3 is 2.89 bits per heavy atom. The molecule has 1 amide bonds. The fourth-order valence-electron chi connectivity index (χ4n) is 1.89. The number of anilines is 1. The first kappa shape index (κ1) is 13.7. The lowest BCUT2D eigenvalue weighted by atomic mass is 10.0. The van der Waals surface area contributed by atoms with Crippen LogP contribution in [0.5, 0.6) is 0 Å². The summed E-state index contributed by atoms with van der Waals surface area (Å²) in [4.78, 5) is 20.3. The minimum atomic E-state index is -0.294. The van der Waals surface area contributed by atoms with Gasteiger partial charge < -0.3 is 15.4 Å². The topological polar surface area (TPSA) is 76.1 Å². The predicted molar refractivity (Wildman–Crippen MR) is 72.1 cm³/mol. The second-order valence-corrected chi connectivity index (χ2v) is 5.03. The van der Waals surface area contributed by atoms with Crippen molar-refractivity contribution in [3.05, 3.63) is 18.1 Å². The molecule has 6 heteroatoms. The third kappa shape index (κ3) is 3.64. The molecule has 1 saturated heterocycles. The van der Waals surface area contributed by atoms with E-state index in [-0.39, 0.29) is 11.4 Å². The Morgan fingerprint density at radius 1 is 1.47 bits per heavy atom. The number of carbonyl (C=O) groups is 1. The lowest BCUT2D eigenvalue weighted by molar-refractivity contribution is 0.0884. The molecule has 2 heterocycles. The van der Waals surface area contributed by atoms with Gasteiger partial charge in [0, 0.05) is 13.2 Å². The molecule has 6 nitrogen and oxygen atoms in total. The van der Waals surface area contributed by atoms with Gasteiger partial charge in [0.05, 0.1) is 24.5 Å². The van der Waals surface area contributed by atoms with Crippen LogP contribution >= 0.6 is 0 Å². The number of ether oxygens (including phenoxy) is 1. The number of nitrogens with one attached hydrogen (secondary N) is 2. The quantitative estimate of drug-likeness (QED) is 0.836. The number of hydrogen-bond acceptors (Lipinski definition) is 5. The van der Waals surface area contributed by atoms with Gasteiger partial charge in [-0.3, -0.25) is 4.79 Å². The number of aromatic nitrogens is 2. The average Bonchev–Trinajstić information content (AvgIpc) is 2.83. The van der Waals surface area contributed by atoms with E-state index in [1.807, 2.05) is 6.92 Å². The minimum Gasteiger partial charge on any atom is -0.379 e. The van der Waals surface area contributed by atoms with Crippen molar-refractivity contribution < 1.29 is 9.53 Å². The number of nitrogens with zero attached hydrogens (tertiary/aromatic N) is 2. The van der Waals surface area contributed by atoms with E-state index < -0.39 is 0 Å². The fourth-order valence-corrected chi connectivity index (χ4v) is 1.89. The zero-order valence-corrected chi connectivity index (χ0v) is 11.4. The normalized spacial score (nSPS) is 22.2. The van der Waals surface area contributed by atoms with E-state index in [9.17, 15) is 4.79 Å². The number of hydrogen-bond donors (Lipinski definition) is 2. The summed E-state index contributed by atoms with van der Waals surface area (Å²) in [7, 11) is 0. The van der Waals surface area contributed by atoms with Crippen LogP contribution < -0.4 is 10.6 Å². The van der Waals surface area contributed by atoms with Crippen molar-refractivity contribution in [2.75, 3.05) is 25.1 Å². The molecule has 1 fully saturated rings. The molecule has 0 saturated carbocycles. The van der Waals surface area contributed by atoms with E-state index in [1.165, 1.54) is 6.20 Å². The molecule has 1 aliphatic rings. The molecular weight excluding hydrogens is 244 g/mol. The van der Waals surface area contributed by atoms with Crippen LogP contribution in [0.25, 0.3) is 0 Å². The minimum absolute atomic E-state index is 0.206. The summed E-state index contributed by atoms with van der Waals surface area (Å²) >= 11 is 0. The summed E-state index contributed by atoms with van der Waals surface area (Å²) < 4.78 is 5.30. The van der Waals surface area contributed by atoms with Gasteiger partial charge in [0.25, 0.3) is 5.91 Å². The molecule has 1 atom stereocenters. The SMILES string of the molecule is CCCNc1cnc(C(=O)NC2(C)CCOC2)cn1. The van der Waals surface area contributed by atoms with Crippen molar-refractivity contribution in [2.45, 2.75) is 32.2 Å². The number of carbonyl (C=O) groups excluding carboxylic acids is 1. The van der Waals surface area contributed by atoms with Crippen molar-refractivity contribution in [1.29, 1.82) is 0 Å². The Kier molecular flexibility index (Phi) is 4.31. The van der Waals surface area contributed by atoms with Crippen molar-refractivity contribution in [3.8, 4) is 0 Å². The molecule has 0 aliphatic carbocycles. The second kappa shape index (κ2) is 5.97. The first-order valence-corrected chi connectivity index (χ1v) is 6.59. The summed E-state index contributed by atoms with van der Waals surface area (Å²) in [5.41, 5.74) is 0.0351. The van der Waals surface area contributed by atoms with Crippen LogP contribution in [0, 0.1) is 0 Å². The van der Waals surface area contributed by atoms with E-state index in [1.54, 1.807) is 6.20 Å². The highest BCUT2D eigenvalue weighted by Crippen LogP contribution is 2.17. The third-order valence-electron chi connectivity index (χ3n) is 3.07. The number of amides is 1. The highest BCUT2D eigenvalue weighted by atomic mass is 16.5. The fraction of sp³-hybridized carbons (Fsp3) is 0.615. The van der Waals surface area contributed by atoms with Gasteiger partial charge in [0.15, 0.2) is 0 Å². The van der Waals surface area contributed by atoms with Crippen LogP contribution in [-0.2, 0) is 4.74 Å². The summed E-state index contributed by atoms with van der Waals surface area (Å²) in [6, 6.07) is 0. The van der Waals surface area contributed by atoms with Gasteiger partial charge in [-0.1, -0.05) is 6.92 Å². The third-order valence-corrected chi connectivity index (χ3v) is 3.07. The van der Waals surface area contributed by atoms with E-state index >= 15 is 0 Å². The van der Waals surface area contributed by atoms with Gasteiger partial charge in [-0.25, -0.2) is 9.97 Å². The van der Waals surface area contributed by atoms with Crippen molar-refractivity contribution in [2.24, 2.45) is 0 Å². The van der Waals surface area contributed by atoms with E-state index in [0.717, 1.165) is 19.4 Å². The van der Waals surface area contributed by atoms with Gasteiger partial charge in [0.1, 0.15) is 11.5 Å². The Balaban J connectivity index is 1.95. The maximum absolute atomic E-state index is 12.0. The highest BCUT2D eigenvalue weighted by molar-refractivity contribution is 5.92. The van der Waals surface area contributed by atoms with Crippen molar-refractivity contribution in [1.82, 2.24) is 15.3 Å². The Hall–Kier alpha value is -1.69. The summed E-state index contributed by atoms with van der Waals surface area (Å²) in [5.74, 6) is 0.483. The van der Waals surface area contributed by atoms with Crippen LogP contribution in [0.15, 0.2) is 12.4 Å². The summed E-state index contributed by atoms with van der Waals surface area (Å²) in [6.45, 7) is 6.12. The van der Waals surface area contributed by atoms with Crippen LogP contribution in [-0.4, -0.2) is 41.2 Å². The van der Waals surface area contributed by atoms with Gasteiger partial charge in [-0.15, -0.1) is 0 Å². The van der Waals surface area contributed by atoms with Gasteiger partial charge >= 0.3 is 0 Å². The maximum Gasteiger partial charge on any atom is 0.271 e. The lowest BCUT2D eigenvalue weighted by Crippen LogP contribution is -2.46. The van der Waals surface area contributed by atoms with Crippen LogP contribution in [0.1, 0.15) is 37.2 Å². The maximum atomic E-state index is 12.0. The zero-order chi connectivity index (χ0) is 13.7. The average molecular weight is 264 g/mol. The first-order valence-electron chi connectivity index (χ1n) is 6.59. The summed E-state index contributed by atoms with van der Waals surface area (Å²) in [6.07, 6.45) is 4.91. The van der Waals surface area contributed by atoms with Crippen LogP contribution in [0.2, 0.25) is 0 Å². The predicted octanol–water partition coefficient (Wildman–Crippen LogP) is 1.21. The monoisotopic (exact) mass is 264 g/mol. The number of rotatable bonds is 5. The molecule has 1 aromatic rings. The molecule has 104 valence electrons.